The molecule has 1 amide bonds. The van der Waals surface area contributed by atoms with E-state index < -0.39 is 0 Å². The SMILES string of the molecule is CSCC(=O)NC(C)CCBr. The average molecular weight is 240 g/mol. The molecule has 0 aliphatic rings. The zero-order chi connectivity index (χ0) is 8.69. The van der Waals surface area contributed by atoms with Gasteiger partial charge in [-0.1, -0.05) is 15.9 Å². The highest BCUT2D eigenvalue weighted by atomic mass is 79.9. The van der Waals surface area contributed by atoms with Crippen LogP contribution in [0.1, 0.15) is 13.3 Å². The summed E-state index contributed by atoms with van der Waals surface area (Å²) < 4.78 is 0. The van der Waals surface area contributed by atoms with Gasteiger partial charge in [-0.25, -0.2) is 0 Å². The minimum Gasteiger partial charge on any atom is -0.353 e. The smallest absolute Gasteiger partial charge is 0.230 e. The molecule has 0 heterocycles. The van der Waals surface area contributed by atoms with E-state index in [-0.39, 0.29) is 11.9 Å². The van der Waals surface area contributed by atoms with Gasteiger partial charge in [0.2, 0.25) is 5.91 Å². The van der Waals surface area contributed by atoms with Gasteiger partial charge < -0.3 is 5.32 Å². The second kappa shape index (κ2) is 6.98. The zero-order valence-electron chi connectivity index (χ0n) is 6.89. The van der Waals surface area contributed by atoms with Crippen LogP contribution in [0.3, 0.4) is 0 Å². The van der Waals surface area contributed by atoms with E-state index in [0.717, 1.165) is 11.8 Å². The molecule has 0 radical (unpaired) electrons. The largest absolute Gasteiger partial charge is 0.353 e. The van der Waals surface area contributed by atoms with Crippen LogP contribution in [-0.4, -0.2) is 29.3 Å². The summed E-state index contributed by atoms with van der Waals surface area (Å²) in [6, 6.07) is 0.286. The molecule has 0 spiro atoms. The van der Waals surface area contributed by atoms with Gasteiger partial charge in [0.1, 0.15) is 0 Å². The third-order valence-electron chi connectivity index (χ3n) is 1.22. The maximum absolute atomic E-state index is 11.0. The highest BCUT2D eigenvalue weighted by Gasteiger charge is 2.04. The fourth-order valence-corrected chi connectivity index (χ4v) is 1.72. The first-order valence-electron chi connectivity index (χ1n) is 3.55. The van der Waals surface area contributed by atoms with Crippen molar-refractivity contribution in [2.75, 3.05) is 17.3 Å². The number of hydrogen-bond acceptors (Lipinski definition) is 2. The second-order valence-corrected chi connectivity index (χ2v) is 4.04. The number of halogens is 1. The molecule has 0 saturated heterocycles. The van der Waals surface area contributed by atoms with E-state index >= 15 is 0 Å². The van der Waals surface area contributed by atoms with Crippen LogP contribution in [0.25, 0.3) is 0 Å². The Morgan fingerprint density at radius 3 is 2.82 bits per heavy atom. The van der Waals surface area contributed by atoms with Gasteiger partial charge in [0.15, 0.2) is 0 Å². The van der Waals surface area contributed by atoms with Crippen molar-refractivity contribution in [2.45, 2.75) is 19.4 Å². The normalized spacial score (nSPS) is 12.6. The number of rotatable bonds is 5. The van der Waals surface area contributed by atoms with Crippen LogP contribution in [0.15, 0.2) is 0 Å². The number of nitrogens with one attached hydrogen (secondary N) is 1. The molecule has 11 heavy (non-hydrogen) atoms. The van der Waals surface area contributed by atoms with Crippen molar-refractivity contribution in [3.05, 3.63) is 0 Å². The minimum atomic E-state index is 0.131. The Labute approximate surface area is 80.6 Å². The van der Waals surface area contributed by atoms with Crippen molar-refractivity contribution in [3.8, 4) is 0 Å². The third kappa shape index (κ3) is 6.69. The number of amides is 1. The number of carbonyl (C=O) groups excluding carboxylic acids is 1. The van der Waals surface area contributed by atoms with Gasteiger partial charge in [0.05, 0.1) is 5.75 Å². The van der Waals surface area contributed by atoms with Gasteiger partial charge in [-0.05, 0) is 19.6 Å². The Morgan fingerprint density at radius 2 is 2.36 bits per heavy atom. The molecule has 0 aliphatic carbocycles. The second-order valence-electron chi connectivity index (χ2n) is 2.38. The Morgan fingerprint density at radius 1 is 1.73 bits per heavy atom. The highest BCUT2D eigenvalue weighted by molar-refractivity contribution is 9.09. The summed E-state index contributed by atoms with van der Waals surface area (Å²) in [5.41, 5.74) is 0. The maximum atomic E-state index is 11.0. The first-order chi connectivity index (χ1) is 5.20. The average Bonchev–Trinajstić information content (AvgIpc) is 1.87. The summed E-state index contributed by atoms with van der Waals surface area (Å²) in [7, 11) is 0. The molecule has 0 rings (SSSR count). The summed E-state index contributed by atoms with van der Waals surface area (Å²) >= 11 is 4.87. The Bertz CT molecular complexity index is 121. The lowest BCUT2D eigenvalue weighted by atomic mass is 10.3. The number of thioether (sulfide) groups is 1. The van der Waals surface area contributed by atoms with E-state index in [4.69, 9.17) is 0 Å². The summed E-state index contributed by atoms with van der Waals surface area (Å²) in [5, 5.41) is 3.83. The Hall–Kier alpha value is 0.300. The third-order valence-corrected chi connectivity index (χ3v) is 2.23. The Kier molecular flexibility index (Phi) is 7.17. The van der Waals surface area contributed by atoms with Crippen LogP contribution < -0.4 is 5.32 Å². The predicted molar refractivity (Wildman–Crippen MR) is 54.4 cm³/mol. The molecule has 0 fully saturated rings. The van der Waals surface area contributed by atoms with Crippen molar-refractivity contribution in [1.82, 2.24) is 5.32 Å². The first-order valence-corrected chi connectivity index (χ1v) is 6.06. The fraction of sp³-hybridized carbons (Fsp3) is 0.857. The molecule has 0 aromatic carbocycles. The first kappa shape index (κ1) is 11.3. The zero-order valence-corrected chi connectivity index (χ0v) is 9.30. The van der Waals surface area contributed by atoms with E-state index in [2.05, 4.69) is 21.2 Å². The topological polar surface area (TPSA) is 29.1 Å². The summed E-state index contributed by atoms with van der Waals surface area (Å²) in [6.45, 7) is 2.01. The molecule has 2 nitrogen and oxygen atoms in total. The number of carbonyl (C=O) groups is 1. The standard InChI is InChI=1S/C7H14BrNOS/c1-6(3-4-8)9-7(10)5-11-2/h6H,3-5H2,1-2H3,(H,9,10). The Balaban J connectivity index is 3.40. The van der Waals surface area contributed by atoms with Crippen LogP contribution >= 0.6 is 27.7 Å². The molecular formula is C7H14BrNOS. The monoisotopic (exact) mass is 239 g/mol. The maximum Gasteiger partial charge on any atom is 0.230 e. The molecule has 1 atom stereocenters. The van der Waals surface area contributed by atoms with Crippen LogP contribution in [0, 0.1) is 0 Å². The van der Waals surface area contributed by atoms with Gasteiger partial charge in [-0.2, -0.15) is 11.8 Å². The minimum absolute atomic E-state index is 0.131. The lowest BCUT2D eigenvalue weighted by Crippen LogP contribution is -2.33. The number of alkyl halides is 1. The van der Waals surface area contributed by atoms with Gasteiger partial charge in [0.25, 0.3) is 0 Å². The molecule has 0 aromatic heterocycles. The van der Waals surface area contributed by atoms with E-state index in [1.54, 1.807) is 11.8 Å². The van der Waals surface area contributed by atoms with Crippen LogP contribution in [0.5, 0.6) is 0 Å². The lowest BCUT2D eigenvalue weighted by Gasteiger charge is -2.10. The highest BCUT2D eigenvalue weighted by Crippen LogP contribution is 1.96. The van der Waals surface area contributed by atoms with Crippen molar-refractivity contribution < 1.29 is 4.79 Å². The fourth-order valence-electron chi connectivity index (χ4n) is 0.683. The molecule has 0 aromatic rings. The van der Waals surface area contributed by atoms with Crippen LogP contribution in [0.4, 0.5) is 0 Å². The lowest BCUT2D eigenvalue weighted by molar-refractivity contribution is -0.119. The van der Waals surface area contributed by atoms with Crippen molar-refractivity contribution in [2.24, 2.45) is 0 Å². The molecule has 0 saturated carbocycles. The number of hydrogen-bond donors (Lipinski definition) is 1. The van der Waals surface area contributed by atoms with Gasteiger partial charge in [0, 0.05) is 11.4 Å². The quantitative estimate of drug-likeness (QED) is 0.740. The van der Waals surface area contributed by atoms with Gasteiger partial charge in [-0.15, -0.1) is 0 Å². The van der Waals surface area contributed by atoms with Crippen LogP contribution in [0.2, 0.25) is 0 Å². The molecule has 0 bridgehead atoms. The molecule has 4 heteroatoms. The van der Waals surface area contributed by atoms with Crippen molar-refractivity contribution in [3.63, 3.8) is 0 Å². The molecule has 1 N–H and O–H groups in total. The molecule has 0 aliphatic heterocycles. The van der Waals surface area contributed by atoms with E-state index in [1.165, 1.54) is 0 Å². The summed E-state index contributed by atoms with van der Waals surface area (Å²) in [5.74, 6) is 0.693. The van der Waals surface area contributed by atoms with E-state index in [1.807, 2.05) is 13.2 Å². The summed E-state index contributed by atoms with van der Waals surface area (Å²) in [4.78, 5) is 11.0. The van der Waals surface area contributed by atoms with Gasteiger partial charge in [-0.3, -0.25) is 4.79 Å². The predicted octanol–water partition coefficient (Wildman–Crippen LogP) is 1.64. The van der Waals surface area contributed by atoms with E-state index in [0.29, 0.717) is 5.75 Å². The van der Waals surface area contributed by atoms with E-state index in [9.17, 15) is 4.79 Å². The van der Waals surface area contributed by atoms with Crippen LogP contribution in [-0.2, 0) is 4.79 Å². The van der Waals surface area contributed by atoms with Gasteiger partial charge >= 0.3 is 0 Å². The molecule has 1 unspecified atom stereocenters. The molecular weight excluding hydrogens is 226 g/mol. The van der Waals surface area contributed by atoms with Crippen molar-refractivity contribution >= 4 is 33.6 Å². The summed E-state index contributed by atoms with van der Waals surface area (Å²) in [6.07, 6.45) is 2.91. The van der Waals surface area contributed by atoms with Crippen molar-refractivity contribution in [1.29, 1.82) is 0 Å². The molecule has 66 valence electrons.